The number of rotatable bonds is 2. The SMILES string of the molecule is CN1CC(C(=O)N2CC(CO)C2)CC1=O. The summed E-state index contributed by atoms with van der Waals surface area (Å²) in [5.41, 5.74) is 0. The fraction of sp³-hybridized carbons (Fsp3) is 0.800. The van der Waals surface area contributed by atoms with Gasteiger partial charge in [0, 0.05) is 45.6 Å². The van der Waals surface area contributed by atoms with E-state index in [1.807, 2.05) is 0 Å². The Labute approximate surface area is 88.6 Å². The third kappa shape index (κ3) is 1.84. The molecule has 0 spiro atoms. The van der Waals surface area contributed by atoms with Gasteiger partial charge in [0.25, 0.3) is 0 Å². The highest BCUT2D eigenvalue weighted by atomic mass is 16.3. The van der Waals surface area contributed by atoms with Crippen LogP contribution in [0.5, 0.6) is 0 Å². The Balaban J connectivity index is 1.85. The molecule has 0 saturated carbocycles. The predicted molar refractivity (Wildman–Crippen MR) is 52.9 cm³/mol. The molecular formula is C10H16N2O3. The van der Waals surface area contributed by atoms with Gasteiger partial charge in [-0.05, 0) is 0 Å². The molecule has 2 amide bonds. The molecule has 0 bridgehead atoms. The number of likely N-dealkylation sites (tertiary alicyclic amines) is 2. The lowest BCUT2D eigenvalue weighted by atomic mass is 9.97. The zero-order valence-corrected chi connectivity index (χ0v) is 8.85. The average molecular weight is 212 g/mol. The standard InChI is InChI=1S/C10H16N2O3/c1-11-5-8(2-9(11)14)10(15)12-3-7(4-12)6-13/h7-8,13H,2-6H2,1H3. The molecule has 2 aliphatic rings. The third-order valence-electron chi connectivity index (χ3n) is 3.22. The molecule has 84 valence electrons. The molecule has 1 unspecified atom stereocenters. The first-order valence-electron chi connectivity index (χ1n) is 5.25. The van der Waals surface area contributed by atoms with Crippen molar-refractivity contribution in [2.45, 2.75) is 6.42 Å². The molecule has 2 fully saturated rings. The van der Waals surface area contributed by atoms with E-state index in [0.717, 1.165) is 0 Å². The number of hydrogen-bond acceptors (Lipinski definition) is 3. The smallest absolute Gasteiger partial charge is 0.228 e. The summed E-state index contributed by atoms with van der Waals surface area (Å²) >= 11 is 0. The van der Waals surface area contributed by atoms with Crippen LogP contribution >= 0.6 is 0 Å². The van der Waals surface area contributed by atoms with Gasteiger partial charge in [-0.15, -0.1) is 0 Å². The van der Waals surface area contributed by atoms with Crippen molar-refractivity contribution in [1.29, 1.82) is 0 Å². The molecule has 1 atom stereocenters. The first-order chi connectivity index (χ1) is 7.11. The van der Waals surface area contributed by atoms with Gasteiger partial charge >= 0.3 is 0 Å². The van der Waals surface area contributed by atoms with E-state index in [9.17, 15) is 9.59 Å². The van der Waals surface area contributed by atoms with Gasteiger partial charge in [-0.3, -0.25) is 9.59 Å². The second-order valence-electron chi connectivity index (χ2n) is 4.47. The molecule has 15 heavy (non-hydrogen) atoms. The maximum atomic E-state index is 11.8. The molecular weight excluding hydrogens is 196 g/mol. The van der Waals surface area contributed by atoms with E-state index in [-0.39, 0.29) is 30.3 Å². The zero-order chi connectivity index (χ0) is 11.0. The maximum absolute atomic E-state index is 11.8. The molecule has 0 aromatic heterocycles. The summed E-state index contributed by atoms with van der Waals surface area (Å²) in [6.45, 7) is 1.97. The van der Waals surface area contributed by atoms with Gasteiger partial charge in [0.1, 0.15) is 0 Å². The Morgan fingerprint density at radius 3 is 2.60 bits per heavy atom. The number of amides is 2. The topological polar surface area (TPSA) is 60.9 Å². The molecule has 5 nitrogen and oxygen atoms in total. The summed E-state index contributed by atoms with van der Waals surface area (Å²) in [4.78, 5) is 26.4. The van der Waals surface area contributed by atoms with E-state index in [4.69, 9.17) is 5.11 Å². The fourth-order valence-electron chi connectivity index (χ4n) is 2.15. The maximum Gasteiger partial charge on any atom is 0.228 e. The van der Waals surface area contributed by atoms with Gasteiger partial charge < -0.3 is 14.9 Å². The molecule has 2 rings (SSSR count). The zero-order valence-electron chi connectivity index (χ0n) is 8.85. The number of carbonyl (C=O) groups is 2. The normalized spacial score (nSPS) is 27.1. The van der Waals surface area contributed by atoms with Crippen LogP contribution in [0.1, 0.15) is 6.42 Å². The minimum atomic E-state index is -0.165. The van der Waals surface area contributed by atoms with Crippen molar-refractivity contribution in [2.24, 2.45) is 11.8 Å². The quantitative estimate of drug-likeness (QED) is 0.633. The molecule has 0 aromatic carbocycles. The fourth-order valence-corrected chi connectivity index (χ4v) is 2.15. The minimum absolute atomic E-state index is 0.0487. The third-order valence-corrected chi connectivity index (χ3v) is 3.22. The van der Waals surface area contributed by atoms with Crippen LogP contribution in [0, 0.1) is 11.8 Å². The Morgan fingerprint density at radius 2 is 2.13 bits per heavy atom. The Kier molecular flexibility index (Phi) is 2.65. The molecule has 0 aliphatic carbocycles. The Morgan fingerprint density at radius 1 is 1.47 bits per heavy atom. The van der Waals surface area contributed by atoms with Crippen molar-refractivity contribution in [3.05, 3.63) is 0 Å². The minimum Gasteiger partial charge on any atom is -0.396 e. The number of carbonyl (C=O) groups excluding carboxylic acids is 2. The molecule has 0 aromatic rings. The van der Waals surface area contributed by atoms with Crippen LogP contribution in [0.15, 0.2) is 0 Å². The van der Waals surface area contributed by atoms with Crippen molar-refractivity contribution in [2.75, 3.05) is 33.3 Å². The van der Waals surface area contributed by atoms with Crippen molar-refractivity contribution < 1.29 is 14.7 Å². The van der Waals surface area contributed by atoms with Crippen LogP contribution in [0.4, 0.5) is 0 Å². The van der Waals surface area contributed by atoms with Gasteiger partial charge in [0.2, 0.25) is 11.8 Å². The summed E-state index contributed by atoms with van der Waals surface area (Å²) < 4.78 is 0. The average Bonchev–Trinajstić information content (AvgIpc) is 2.45. The molecule has 2 saturated heterocycles. The van der Waals surface area contributed by atoms with Gasteiger partial charge in [-0.2, -0.15) is 0 Å². The monoisotopic (exact) mass is 212 g/mol. The second kappa shape index (κ2) is 3.81. The van der Waals surface area contributed by atoms with Gasteiger partial charge in [0.15, 0.2) is 0 Å². The largest absolute Gasteiger partial charge is 0.396 e. The molecule has 0 radical (unpaired) electrons. The first kappa shape index (κ1) is 10.4. The highest BCUT2D eigenvalue weighted by molar-refractivity contribution is 5.89. The molecule has 2 aliphatic heterocycles. The van der Waals surface area contributed by atoms with Gasteiger partial charge in [0.05, 0.1) is 5.92 Å². The summed E-state index contributed by atoms with van der Waals surface area (Å²) in [5.74, 6) is 0.191. The lowest BCUT2D eigenvalue weighted by Gasteiger charge is -2.39. The van der Waals surface area contributed by atoms with E-state index >= 15 is 0 Å². The first-order valence-corrected chi connectivity index (χ1v) is 5.25. The van der Waals surface area contributed by atoms with Crippen LogP contribution < -0.4 is 0 Å². The van der Waals surface area contributed by atoms with Crippen LogP contribution in [0.3, 0.4) is 0 Å². The number of aliphatic hydroxyl groups excluding tert-OH is 1. The van der Waals surface area contributed by atoms with Crippen LogP contribution in [-0.2, 0) is 9.59 Å². The lowest BCUT2D eigenvalue weighted by molar-refractivity contribution is -0.142. The second-order valence-corrected chi connectivity index (χ2v) is 4.47. The van der Waals surface area contributed by atoms with Gasteiger partial charge in [-0.25, -0.2) is 0 Å². The van der Waals surface area contributed by atoms with Crippen LogP contribution in [0.2, 0.25) is 0 Å². The lowest BCUT2D eigenvalue weighted by Crippen LogP contribution is -2.53. The number of aliphatic hydroxyl groups is 1. The summed E-state index contributed by atoms with van der Waals surface area (Å²) in [6, 6.07) is 0. The van der Waals surface area contributed by atoms with Crippen molar-refractivity contribution in [3.8, 4) is 0 Å². The summed E-state index contributed by atoms with van der Waals surface area (Å²) in [5, 5.41) is 8.83. The van der Waals surface area contributed by atoms with Crippen molar-refractivity contribution in [1.82, 2.24) is 9.80 Å². The highest BCUT2D eigenvalue weighted by Crippen LogP contribution is 2.23. The van der Waals surface area contributed by atoms with E-state index in [2.05, 4.69) is 0 Å². The van der Waals surface area contributed by atoms with E-state index in [1.54, 1.807) is 16.8 Å². The van der Waals surface area contributed by atoms with E-state index < -0.39 is 0 Å². The highest BCUT2D eigenvalue weighted by Gasteiger charge is 2.38. The Bertz CT molecular complexity index is 286. The van der Waals surface area contributed by atoms with E-state index in [0.29, 0.717) is 26.1 Å². The van der Waals surface area contributed by atoms with Crippen molar-refractivity contribution >= 4 is 11.8 Å². The van der Waals surface area contributed by atoms with Crippen molar-refractivity contribution in [3.63, 3.8) is 0 Å². The van der Waals surface area contributed by atoms with Gasteiger partial charge in [-0.1, -0.05) is 0 Å². The van der Waals surface area contributed by atoms with E-state index in [1.165, 1.54) is 0 Å². The Hall–Kier alpha value is -1.10. The van der Waals surface area contributed by atoms with Crippen LogP contribution in [0.25, 0.3) is 0 Å². The number of hydrogen-bond donors (Lipinski definition) is 1. The summed E-state index contributed by atoms with van der Waals surface area (Å²) in [7, 11) is 1.72. The molecule has 5 heteroatoms. The predicted octanol–water partition coefficient (Wildman–Crippen LogP) is -1.08. The molecule has 2 heterocycles. The van der Waals surface area contributed by atoms with Crippen LogP contribution in [-0.4, -0.2) is 60.0 Å². The molecule has 1 N–H and O–H groups in total. The summed E-state index contributed by atoms with van der Waals surface area (Å²) in [6.07, 6.45) is 0.343. The number of nitrogens with zero attached hydrogens (tertiary/aromatic N) is 2.